The van der Waals surface area contributed by atoms with Crippen molar-refractivity contribution in [1.29, 1.82) is 0 Å². The van der Waals surface area contributed by atoms with Crippen molar-refractivity contribution in [3.05, 3.63) is 71.3 Å². The number of hydrogen-bond donors (Lipinski definition) is 0. The van der Waals surface area contributed by atoms with Crippen molar-refractivity contribution in [2.45, 2.75) is 12.5 Å². The Labute approximate surface area is 133 Å². The van der Waals surface area contributed by atoms with E-state index in [1.54, 1.807) is 35.2 Å². The molecule has 3 rings (SSSR count). The van der Waals surface area contributed by atoms with Gasteiger partial charge in [-0.15, -0.1) is 0 Å². The fourth-order valence-corrected chi connectivity index (χ4v) is 2.77. The van der Waals surface area contributed by atoms with Crippen molar-refractivity contribution in [1.82, 2.24) is 4.90 Å². The first-order valence-electron chi connectivity index (χ1n) is 7.51. The van der Waals surface area contributed by atoms with Crippen molar-refractivity contribution < 1.29 is 18.3 Å². The quantitative estimate of drug-likeness (QED) is 0.870. The Morgan fingerprint density at radius 1 is 1.13 bits per heavy atom. The van der Waals surface area contributed by atoms with E-state index in [1.165, 1.54) is 18.2 Å². The maximum atomic E-state index is 13.7. The van der Waals surface area contributed by atoms with Crippen molar-refractivity contribution in [2.75, 3.05) is 19.8 Å². The Hall–Kier alpha value is -2.27. The lowest BCUT2D eigenvalue weighted by atomic mass is 10.0. The number of ether oxygens (including phenoxy) is 1. The van der Waals surface area contributed by atoms with Crippen LogP contribution in [0.1, 0.15) is 17.2 Å². The molecule has 1 atom stereocenters. The van der Waals surface area contributed by atoms with Crippen LogP contribution in [0.5, 0.6) is 0 Å². The second-order valence-corrected chi connectivity index (χ2v) is 5.50. The largest absolute Gasteiger partial charge is 0.377 e. The molecule has 1 aliphatic heterocycles. The average molecular weight is 317 g/mol. The molecule has 1 heterocycles. The van der Waals surface area contributed by atoms with E-state index in [-0.39, 0.29) is 30.0 Å². The molecular weight excluding hydrogens is 300 g/mol. The second-order valence-electron chi connectivity index (χ2n) is 5.50. The summed E-state index contributed by atoms with van der Waals surface area (Å²) in [6.45, 7) is 1.24. The normalized spacial score (nSPS) is 18.0. The zero-order valence-corrected chi connectivity index (χ0v) is 12.5. The van der Waals surface area contributed by atoms with E-state index in [0.29, 0.717) is 25.3 Å². The monoisotopic (exact) mass is 317 g/mol. The number of benzene rings is 2. The average Bonchev–Trinajstić information content (AvgIpc) is 2.58. The first-order chi connectivity index (χ1) is 11.1. The zero-order valence-electron chi connectivity index (χ0n) is 12.5. The van der Waals surface area contributed by atoms with Crippen LogP contribution in [-0.4, -0.2) is 30.6 Å². The lowest BCUT2D eigenvalue weighted by Gasteiger charge is -2.36. The summed E-state index contributed by atoms with van der Waals surface area (Å²) in [5, 5.41) is 0. The first kappa shape index (κ1) is 15.6. The van der Waals surface area contributed by atoms with Crippen LogP contribution in [-0.2, 0) is 16.0 Å². The molecule has 1 aliphatic rings. The minimum absolute atomic E-state index is 0.00433. The summed E-state index contributed by atoms with van der Waals surface area (Å²) >= 11 is 0. The molecule has 0 spiro atoms. The van der Waals surface area contributed by atoms with E-state index < -0.39 is 0 Å². The van der Waals surface area contributed by atoms with Crippen LogP contribution in [0.2, 0.25) is 0 Å². The standard InChI is InChI=1S/C18H17F2NO2/c19-15-7-5-13(6-8-15)17-12-23-10-9-21(17)18(22)11-14-3-1-2-4-16(14)20/h1-8,17H,9-12H2. The maximum Gasteiger partial charge on any atom is 0.227 e. The first-order valence-corrected chi connectivity index (χ1v) is 7.51. The number of halogens is 2. The third kappa shape index (κ3) is 3.56. The van der Waals surface area contributed by atoms with Crippen LogP contribution in [0, 0.1) is 11.6 Å². The van der Waals surface area contributed by atoms with Gasteiger partial charge in [0, 0.05) is 6.54 Å². The SMILES string of the molecule is O=C(Cc1ccccc1F)N1CCOCC1c1ccc(F)cc1. The third-order valence-corrected chi connectivity index (χ3v) is 4.00. The van der Waals surface area contributed by atoms with Gasteiger partial charge in [0.15, 0.2) is 0 Å². The van der Waals surface area contributed by atoms with Gasteiger partial charge in [-0.25, -0.2) is 8.78 Å². The molecule has 0 bridgehead atoms. The fraction of sp³-hybridized carbons (Fsp3) is 0.278. The van der Waals surface area contributed by atoms with E-state index in [9.17, 15) is 13.6 Å². The van der Waals surface area contributed by atoms with Crippen molar-refractivity contribution >= 4 is 5.91 Å². The minimum Gasteiger partial charge on any atom is -0.377 e. The molecular formula is C18H17F2NO2. The van der Waals surface area contributed by atoms with Gasteiger partial charge in [-0.3, -0.25) is 4.79 Å². The summed E-state index contributed by atoms with van der Waals surface area (Å²) in [5.41, 5.74) is 1.19. The number of hydrogen-bond acceptors (Lipinski definition) is 2. The highest BCUT2D eigenvalue weighted by molar-refractivity contribution is 5.79. The number of nitrogens with zero attached hydrogens (tertiary/aromatic N) is 1. The van der Waals surface area contributed by atoms with E-state index in [1.807, 2.05) is 0 Å². The van der Waals surface area contributed by atoms with Crippen LogP contribution in [0.4, 0.5) is 8.78 Å². The molecule has 2 aromatic rings. The molecule has 3 nitrogen and oxygen atoms in total. The van der Waals surface area contributed by atoms with E-state index in [4.69, 9.17) is 4.74 Å². The molecule has 0 N–H and O–H groups in total. The lowest BCUT2D eigenvalue weighted by molar-refractivity contribution is -0.139. The van der Waals surface area contributed by atoms with Crippen LogP contribution in [0.25, 0.3) is 0 Å². The molecule has 1 fully saturated rings. The third-order valence-electron chi connectivity index (χ3n) is 4.00. The van der Waals surface area contributed by atoms with Gasteiger partial charge in [-0.05, 0) is 29.3 Å². The highest BCUT2D eigenvalue weighted by atomic mass is 19.1. The van der Waals surface area contributed by atoms with Crippen molar-refractivity contribution in [2.24, 2.45) is 0 Å². The predicted molar refractivity (Wildman–Crippen MR) is 81.8 cm³/mol. The lowest BCUT2D eigenvalue weighted by Crippen LogP contribution is -2.44. The highest BCUT2D eigenvalue weighted by Crippen LogP contribution is 2.25. The molecule has 0 aliphatic carbocycles. The molecule has 0 saturated carbocycles. The molecule has 1 amide bonds. The minimum atomic E-state index is -0.382. The van der Waals surface area contributed by atoms with Gasteiger partial charge < -0.3 is 9.64 Å². The van der Waals surface area contributed by atoms with Crippen LogP contribution >= 0.6 is 0 Å². The predicted octanol–water partition coefficient (Wildman–Crippen LogP) is 3.11. The molecule has 0 aromatic heterocycles. The van der Waals surface area contributed by atoms with Crippen LogP contribution < -0.4 is 0 Å². The van der Waals surface area contributed by atoms with Gasteiger partial charge in [0.25, 0.3) is 0 Å². The van der Waals surface area contributed by atoms with Gasteiger partial charge in [0.05, 0.1) is 25.7 Å². The van der Waals surface area contributed by atoms with Crippen LogP contribution in [0.3, 0.4) is 0 Å². The number of rotatable bonds is 3. The van der Waals surface area contributed by atoms with Gasteiger partial charge >= 0.3 is 0 Å². The van der Waals surface area contributed by atoms with Gasteiger partial charge in [0.2, 0.25) is 5.91 Å². The van der Waals surface area contributed by atoms with E-state index in [2.05, 4.69) is 0 Å². The Bertz CT molecular complexity index is 688. The Balaban J connectivity index is 1.79. The molecule has 23 heavy (non-hydrogen) atoms. The summed E-state index contributed by atoms with van der Waals surface area (Å²) in [4.78, 5) is 14.3. The zero-order chi connectivity index (χ0) is 16.2. The molecule has 5 heteroatoms. The van der Waals surface area contributed by atoms with E-state index in [0.717, 1.165) is 5.56 Å². The summed E-state index contributed by atoms with van der Waals surface area (Å²) < 4.78 is 32.3. The molecule has 2 aromatic carbocycles. The Kier molecular flexibility index (Phi) is 4.67. The molecule has 120 valence electrons. The summed E-state index contributed by atoms with van der Waals surface area (Å²) in [5.74, 6) is -0.866. The van der Waals surface area contributed by atoms with Crippen molar-refractivity contribution in [3.8, 4) is 0 Å². The molecule has 1 saturated heterocycles. The van der Waals surface area contributed by atoms with Crippen LogP contribution in [0.15, 0.2) is 48.5 Å². The van der Waals surface area contributed by atoms with Gasteiger partial charge in [-0.1, -0.05) is 30.3 Å². The van der Waals surface area contributed by atoms with Gasteiger partial charge in [-0.2, -0.15) is 0 Å². The summed E-state index contributed by atoms with van der Waals surface area (Å²) in [6.07, 6.45) is 0.00433. The number of carbonyl (C=O) groups excluding carboxylic acids is 1. The fourth-order valence-electron chi connectivity index (χ4n) is 2.77. The Morgan fingerprint density at radius 3 is 2.61 bits per heavy atom. The van der Waals surface area contributed by atoms with Gasteiger partial charge in [0.1, 0.15) is 11.6 Å². The number of amides is 1. The molecule has 0 radical (unpaired) electrons. The summed E-state index contributed by atoms with van der Waals surface area (Å²) in [7, 11) is 0. The maximum absolute atomic E-state index is 13.7. The Morgan fingerprint density at radius 2 is 1.87 bits per heavy atom. The highest BCUT2D eigenvalue weighted by Gasteiger charge is 2.28. The van der Waals surface area contributed by atoms with Crippen molar-refractivity contribution in [3.63, 3.8) is 0 Å². The number of carbonyl (C=O) groups is 1. The second kappa shape index (κ2) is 6.87. The number of morpholine rings is 1. The summed E-state index contributed by atoms with van der Waals surface area (Å²) in [6, 6.07) is 12.0. The van der Waals surface area contributed by atoms with E-state index >= 15 is 0 Å². The topological polar surface area (TPSA) is 29.5 Å². The molecule has 1 unspecified atom stereocenters. The smallest absolute Gasteiger partial charge is 0.227 e.